The molecule has 0 aliphatic rings. The number of rotatable bonds is 9. The summed E-state index contributed by atoms with van der Waals surface area (Å²) in [5, 5.41) is 19.1. The van der Waals surface area contributed by atoms with Gasteiger partial charge in [-0.15, -0.1) is 5.10 Å². The predicted molar refractivity (Wildman–Crippen MR) is 150 cm³/mol. The number of carboxylic acid groups (broad SMARTS) is 1. The number of nitrogens with zero attached hydrogens (tertiary/aromatic N) is 3. The zero-order chi connectivity index (χ0) is 26.7. The Balaban J connectivity index is 1.61. The van der Waals surface area contributed by atoms with E-state index in [0.717, 1.165) is 26.9 Å². The van der Waals surface area contributed by atoms with E-state index in [0.29, 0.717) is 27.0 Å². The molecule has 1 aromatic heterocycles. The van der Waals surface area contributed by atoms with Gasteiger partial charge in [-0.3, -0.25) is 0 Å². The van der Waals surface area contributed by atoms with E-state index in [1.165, 1.54) is 0 Å². The Morgan fingerprint density at radius 2 is 1.68 bits per heavy atom. The van der Waals surface area contributed by atoms with Gasteiger partial charge in [-0.25, -0.2) is 9.48 Å². The summed E-state index contributed by atoms with van der Waals surface area (Å²) in [6, 6.07) is 20.6. The summed E-state index contributed by atoms with van der Waals surface area (Å²) in [4.78, 5) is 13.7. The van der Waals surface area contributed by atoms with Gasteiger partial charge < -0.3 is 9.84 Å². The van der Waals surface area contributed by atoms with E-state index < -0.39 is 16.0 Å². The second-order valence-corrected chi connectivity index (χ2v) is 13.5. The van der Waals surface area contributed by atoms with Crippen LogP contribution in [-0.2, 0) is 6.61 Å². The van der Waals surface area contributed by atoms with Gasteiger partial charge in [0.2, 0.25) is 0 Å². The van der Waals surface area contributed by atoms with Gasteiger partial charge in [0.15, 0.2) is 0 Å². The molecule has 37 heavy (non-hydrogen) atoms. The molecule has 194 valence electrons. The minimum absolute atomic E-state index is 0.131. The quantitative estimate of drug-likeness (QED) is 0.226. The molecule has 0 bridgehead atoms. The molecule has 0 saturated carbocycles. The number of halogens is 2. The second-order valence-electron chi connectivity index (χ2n) is 9.03. The second kappa shape index (κ2) is 11.2. The third kappa shape index (κ3) is 5.49. The zero-order valence-corrected chi connectivity index (χ0v) is 23.4. The summed E-state index contributed by atoms with van der Waals surface area (Å²) in [7, 11) is -1.41. The summed E-state index contributed by atoms with van der Waals surface area (Å²) in [5.41, 5.74) is 2.47. The van der Waals surface area contributed by atoms with Crippen LogP contribution in [0.5, 0.6) is 5.75 Å². The molecule has 6 nitrogen and oxygen atoms in total. The molecule has 0 radical (unpaired) electrons. The highest BCUT2D eigenvalue weighted by atomic mass is 35.5. The van der Waals surface area contributed by atoms with Crippen LogP contribution in [0.4, 0.5) is 0 Å². The van der Waals surface area contributed by atoms with Crippen LogP contribution in [0, 0.1) is 0 Å². The van der Waals surface area contributed by atoms with Crippen LogP contribution in [0.15, 0.2) is 76.5 Å². The molecule has 0 amide bonds. The SMILES string of the molecule is CCS(C)(c1ccc(OCc2c(C(C)C)nnn2-c2c(Cl)cccc2Cl)cc1)c1cccc(C(=O)O)c1. The predicted octanol–water partition coefficient (Wildman–Crippen LogP) is 7.85. The van der Waals surface area contributed by atoms with Gasteiger partial charge in [0.05, 0.1) is 21.3 Å². The van der Waals surface area contributed by atoms with Crippen molar-refractivity contribution in [1.82, 2.24) is 15.0 Å². The molecule has 0 saturated heterocycles. The van der Waals surface area contributed by atoms with Crippen LogP contribution in [-0.4, -0.2) is 38.1 Å². The number of hydrogen-bond donors (Lipinski definition) is 1. The van der Waals surface area contributed by atoms with E-state index in [-0.39, 0.29) is 12.5 Å². The van der Waals surface area contributed by atoms with Crippen LogP contribution in [0.3, 0.4) is 0 Å². The Labute approximate surface area is 228 Å². The minimum atomic E-state index is -1.41. The van der Waals surface area contributed by atoms with Gasteiger partial charge in [-0.1, -0.05) is 61.3 Å². The summed E-state index contributed by atoms with van der Waals surface area (Å²) >= 11 is 12.9. The lowest BCUT2D eigenvalue weighted by atomic mass is 10.1. The topological polar surface area (TPSA) is 77.2 Å². The minimum Gasteiger partial charge on any atom is -0.487 e. The number of hydrogen-bond acceptors (Lipinski definition) is 4. The largest absolute Gasteiger partial charge is 0.487 e. The third-order valence-corrected chi connectivity index (χ3v) is 10.8. The van der Waals surface area contributed by atoms with Crippen molar-refractivity contribution in [3.05, 3.63) is 93.7 Å². The number of ether oxygens (including phenoxy) is 1. The first-order valence-electron chi connectivity index (χ1n) is 11.9. The summed E-state index contributed by atoms with van der Waals surface area (Å²) in [5.74, 6) is 0.799. The van der Waals surface area contributed by atoms with Crippen molar-refractivity contribution in [2.24, 2.45) is 0 Å². The van der Waals surface area contributed by atoms with Crippen LogP contribution in [0.1, 0.15) is 48.4 Å². The van der Waals surface area contributed by atoms with Crippen molar-refractivity contribution in [2.45, 2.75) is 43.1 Å². The van der Waals surface area contributed by atoms with Crippen molar-refractivity contribution in [3.8, 4) is 11.4 Å². The van der Waals surface area contributed by atoms with E-state index in [2.05, 4.69) is 49.5 Å². The molecule has 9 heteroatoms. The fourth-order valence-electron chi connectivity index (χ4n) is 4.13. The van der Waals surface area contributed by atoms with E-state index in [1.54, 1.807) is 35.0 Å². The lowest BCUT2D eigenvalue weighted by Crippen LogP contribution is -2.09. The lowest BCUT2D eigenvalue weighted by molar-refractivity contribution is 0.0696. The number of para-hydroxylation sites is 1. The van der Waals surface area contributed by atoms with Crippen LogP contribution < -0.4 is 4.74 Å². The molecule has 4 rings (SSSR count). The van der Waals surface area contributed by atoms with E-state index in [4.69, 9.17) is 27.9 Å². The standard InChI is InChI=1S/C28H29Cl2N3O3S/c1-5-37(4,22-9-6-8-19(16-22)28(34)35)21-14-12-20(13-15-21)36-17-25-26(18(2)3)31-32-33(25)27-23(29)10-7-11-24(27)30/h6-16,18H,5,17H2,1-4H3,(H,34,35). The average Bonchev–Trinajstić information content (AvgIpc) is 3.31. The van der Waals surface area contributed by atoms with Gasteiger partial charge >= 0.3 is 5.97 Å². The number of carbonyl (C=O) groups is 1. The number of aromatic nitrogens is 3. The maximum atomic E-state index is 11.5. The smallest absolute Gasteiger partial charge is 0.335 e. The third-order valence-electron chi connectivity index (χ3n) is 6.39. The monoisotopic (exact) mass is 557 g/mol. The summed E-state index contributed by atoms with van der Waals surface area (Å²) in [6.07, 6.45) is 2.20. The number of carboxylic acids is 1. The van der Waals surface area contributed by atoms with Crippen LogP contribution in [0.2, 0.25) is 10.0 Å². The van der Waals surface area contributed by atoms with Crippen molar-refractivity contribution < 1.29 is 14.6 Å². The molecule has 0 aliphatic carbocycles. The Bertz CT molecular complexity index is 1400. The van der Waals surface area contributed by atoms with Gasteiger partial charge in [0, 0.05) is 0 Å². The maximum Gasteiger partial charge on any atom is 0.335 e. The van der Waals surface area contributed by atoms with Gasteiger partial charge in [0.1, 0.15) is 23.7 Å². The van der Waals surface area contributed by atoms with Crippen molar-refractivity contribution >= 4 is 39.2 Å². The van der Waals surface area contributed by atoms with E-state index in [9.17, 15) is 9.90 Å². The highest BCUT2D eigenvalue weighted by Gasteiger charge is 2.24. The number of benzene rings is 3. The molecule has 1 N–H and O–H groups in total. The molecule has 1 atom stereocenters. The molecule has 1 unspecified atom stereocenters. The van der Waals surface area contributed by atoms with Crippen molar-refractivity contribution in [3.63, 3.8) is 0 Å². The fourth-order valence-corrected chi connectivity index (χ4v) is 7.13. The number of aromatic carboxylic acids is 1. The highest BCUT2D eigenvalue weighted by Crippen LogP contribution is 2.59. The molecule has 1 heterocycles. The maximum absolute atomic E-state index is 11.5. The lowest BCUT2D eigenvalue weighted by Gasteiger charge is -2.36. The Morgan fingerprint density at radius 1 is 1.03 bits per heavy atom. The van der Waals surface area contributed by atoms with E-state index in [1.807, 2.05) is 24.3 Å². The summed E-state index contributed by atoms with van der Waals surface area (Å²) in [6.45, 7) is 6.47. The van der Waals surface area contributed by atoms with Crippen molar-refractivity contribution in [2.75, 3.05) is 12.0 Å². The Hall–Kier alpha value is -3.00. The molecular weight excluding hydrogens is 529 g/mol. The molecule has 0 aliphatic heterocycles. The van der Waals surface area contributed by atoms with Gasteiger partial charge in [0.25, 0.3) is 0 Å². The van der Waals surface area contributed by atoms with Crippen LogP contribution >= 0.6 is 33.2 Å². The summed E-state index contributed by atoms with van der Waals surface area (Å²) < 4.78 is 7.84. The molecule has 0 spiro atoms. The van der Waals surface area contributed by atoms with Gasteiger partial charge in [-0.2, -0.15) is 10.0 Å². The normalized spacial score (nSPS) is 13.8. The Morgan fingerprint density at radius 3 is 2.27 bits per heavy atom. The first-order valence-corrected chi connectivity index (χ1v) is 14.8. The average molecular weight is 559 g/mol. The highest BCUT2D eigenvalue weighted by molar-refractivity contribution is 8.33. The first kappa shape index (κ1) is 27.0. The Kier molecular flexibility index (Phi) is 8.17. The molecule has 4 aromatic rings. The zero-order valence-electron chi connectivity index (χ0n) is 21.1. The van der Waals surface area contributed by atoms with Crippen molar-refractivity contribution in [1.29, 1.82) is 0 Å². The fraction of sp³-hybridized carbons (Fsp3) is 0.250. The van der Waals surface area contributed by atoms with E-state index >= 15 is 0 Å². The molecule has 0 fully saturated rings. The molecular formula is C28H29Cl2N3O3S. The molecule has 3 aromatic carbocycles. The van der Waals surface area contributed by atoms with Gasteiger partial charge in [-0.05, 0) is 82.3 Å². The first-order chi connectivity index (χ1) is 17.7. The van der Waals surface area contributed by atoms with Crippen LogP contribution in [0.25, 0.3) is 5.69 Å².